The summed E-state index contributed by atoms with van der Waals surface area (Å²) in [4.78, 5) is 38.1. The fourth-order valence-electron chi connectivity index (χ4n) is 3.58. The van der Waals surface area contributed by atoms with Crippen molar-refractivity contribution in [1.82, 2.24) is 5.43 Å². The number of esters is 1. The van der Waals surface area contributed by atoms with Gasteiger partial charge in [0.25, 0.3) is 11.8 Å². The highest BCUT2D eigenvalue weighted by Gasteiger charge is 2.15. The summed E-state index contributed by atoms with van der Waals surface area (Å²) in [6.07, 6.45) is 1.37. The lowest BCUT2D eigenvalue weighted by Crippen LogP contribution is -2.18. The first-order chi connectivity index (χ1) is 19.2. The number of amides is 2. The predicted octanol–water partition coefficient (Wildman–Crippen LogP) is 6.65. The van der Waals surface area contributed by atoms with E-state index in [0.29, 0.717) is 27.6 Å². The highest BCUT2D eigenvalue weighted by molar-refractivity contribution is 9.10. The molecule has 8 nitrogen and oxygen atoms in total. The van der Waals surface area contributed by atoms with Crippen LogP contribution in [0.5, 0.6) is 11.5 Å². The van der Waals surface area contributed by atoms with E-state index >= 15 is 0 Å². The third-order valence-electron chi connectivity index (χ3n) is 5.62. The van der Waals surface area contributed by atoms with Gasteiger partial charge in [0.2, 0.25) is 0 Å². The highest BCUT2D eigenvalue weighted by Crippen LogP contribution is 2.25. The number of hydrogen-bond acceptors (Lipinski definition) is 6. The number of nitrogens with zero attached hydrogens (tertiary/aromatic N) is 1. The first kappa shape index (κ1) is 28.5. The normalized spacial score (nSPS) is 10.7. The Labute approximate surface area is 244 Å². The molecule has 10 heteroatoms. The number of hydrazone groups is 1. The van der Waals surface area contributed by atoms with Crippen molar-refractivity contribution in [2.75, 3.05) is 12.4 Å². The summed E-state index contributed by atoms with van der Waals surface area (Å²) in [6.45, 7) is 1.93. The van der Waals surface area contributed by atoms with Gasteiger partial charge in [-0.25, -0.2) is 10.2 Å². The first-order valence-electron chi connectivity index (χ1n) is 11.9. The molecule has 0 radical (unpaired) electrons. The van der Waals surface area contributed by atoms with E-state index in [9.17, 15) is 14.4 Å². The molecular weight excluding hydrogens is 598 g/mol. The largest absolute Gasteiger partial charge is 0.496 e. The number of carbonyl (C=O) groups excluding carboxylic acids is 3. The summed E-state index contributed by atoms with van der Waals surface area (Å²) in [7, 11) is 1.45. The van der Waals surface area contributed by atoms with Gasteiger partial charge >= 0.3 is 5.97 Å². The van der Waals surface area contributed by atoms with E-state index in [-0.39, 0.29) is 16.9 Å². The molecule has 0 spiro atoms. The molecule has 4 rings (SSSR count). The van der Waals surface area contributed by atoms with Gasteiger partial charge in [-0.15, -0.1) is 0 Å². The van der Waals surface area contributed by atoms with Crippen molar-refractivity contribution in [3.8, 4) is 11.5 Å². The van der Waals surface area contributed by atoms with Gasteiger partial charge in [0, 0.05) is 26.3 Å². The maximum Gasteiger partial charge on any atom is 0.343 e. The summed E-state index contributed by atoms with van der Waals surface area (Å²) >= 11 is 9.42. The van der Waals surface area contributed by atoms with Crippen LogP contribution in [0.4, 0.5) is 5.69 Å². The Morgan fingerprint density at radius 2 is 1.62 bits per heavy atom. The Morgan fingerprint density at radius 3 is 2.38 bits per heavy atom. The van der Waals surface area contributed by atoms with Crippen LogP contribution >= 0.6 is 27.5 Å². The van der Waals surface area contributed by atoms with Crippen LogP contribution in [-0.2, 0) is 0 Å². The van der Waals surface area contributed by atoms with E-state index in [1.807, 2.05) is 19.1 Å². The standard InChI is InChI=1S/C30H23BrClN3O5/c1-18-6-8-19(9-7-18)30(38)40-26-12-10-22(31)14-21(26)17-33-35-28(36)20-4-3-5-24(15-20)34-29(37)25-16-23(32)11-13-27(25)39-2/h3-17H,1-2H3,(H,34,37)(H,35,36). The Morgan fingerprint density at radius 1 is 0.875 bits per heavy atom. The van der Waals surface area contributed by atoms with Crippen LogP contribution in [0.3, 0.4) is 0 Å². The molecule has 0 fully saturated rings. The smallest absolute Gasteiger partial charge is 0.343 e. The summed E-state index contributed by atoms with van der Waals surface area (Å²) in [5, 5.41) is 7.15. The lowest BCUT2D eigenvalue weighted by Gasteiger charge is -2.10. The number of ether oxygens (including phenoxy) is 2. The minimum Gasteiger partial charge on any atom is -0.496 e. The first-order valence-corrected chi connectivity index (χ1v) is 13.1. The molecular formula is C30H23BrClN3O5. The average molecular weight is 621 g/mol. The maximum absolute atomic E-state index is 12.8. The molecule has 2 amide bonds. The minimum atomic E-state index is -0.518. The van der Waals surface area contributed by atoms with E-state index in [2.05, 4.69) is 31.8 Å². The SMILES string of the molecule is COc1ccc(Cl)cc1C(=O)Nc1cccc(C(=O)NN=Cc2cc(Br)ccc2OC(=O)c2ccc(C)cc2)c1. The monoisotopic (exact) mass is 619 g/mol. The third kappa shape index (κ3) is 7.34. The van der Waals surface area contributed by atoms with Crippen molar-refractivity contribution in [2.24, 2.45) is 5.10 Å². The topological polar surface area (TPSA) is 106 Å². The molecule has 0 unspecified atom stereocenters. The van der Waals surface area contributed by atoms with Gasteiger partial charge in [-0.05, 0) is 73.7 Å². The van der Waals surface area contributed by atoms with Gasteiger partial charge in [0.15, 0.2) is 0 Å². The Bertz CT molecular complexity index is 1610. The van der Waals surface area contributed by atoms with Crippen molar-refractivity contribution in [3.63, 3.8) is 0 Å². The highest BCUT2D eigenvalue weighted by atomic mass is 79.9. The molecule has 202 valence electrons. The van der Waals surface area contributed by atoms with E-state index in [0.717, 1.165) is 10.0 Å². The van der Waals surface area contributed by atoms with E-state index in [4.69, 9.17) is 21.1 Å². The molecule has 0 saturated carbocycles. The van der Waals surface area contributed by atoms with Gasteiger partial charge in [-0.1, -0.05) is 51.3 Å². The summed E-state index contributed by atoms with van der Waals surface area (Å²) in [5.41, 5.74) is 5.25. The van der Waals surface area contributed by atoms with Crippen molar-refractivity contribution < 1.29 is 23.9 Å². The zero-order valence-electron chi connectivity index (χ0n) is 21.4. The van der Waals surface area contributed by atoms with Crippen molar-refractivity contribution >= 4 is 57.2 Å². The molecule has 2 N–H and O–H groups in total. The lowest BCUT2D eigenvalue weighted by atomic mass is 10.1. The molecule has 40 heavy (non-hydrogen) atoms. The van der Waals surface area contributed by atoms with Gasteiger partial charge in [0.05, 0.1) is 24.5 Å². The molecule has 4 aromatic carbocycles. The molecule has 0 aliphatic carbocycles. The second-order valence-corrected chi connectivity index (χ2v) is 9.87. The van der Waals surface area contributed by atoms with Crippen LogP contribution in [-0.4, -0.2) is 31.1 Å². The number of methoxy groups -OCH3 is 1. The Hall–Kier alpha value is -4.47. The zero-order chi connectivity index (χ0) is 28.6. The van der Waals surface area contributed by atoms with Crippen LogP contribution in [0, 0.1) is 6.92 Å². The van der Waals surface area contributed by atoms with Gasteiger partial charge < -0.3 is 14.8 Å². The van der Waals surface area contributed by atoms with Crippen LogP contribution in [0.15, 0.2) is 94.5 Å². The van der Waals surface area contributed by atoms with Gasteiger partial charge in [-0.3, -0.25) is 9.59 Å². The second kappa shape index (κ2) is 13.1. The fourth-order valence-corrected chi connectivity index (χ4v) is 4.13. The number of hydrogen-bond donors (Lipinski definition) is 2. The molecule has 0 heterocycles. The van der Waals surface area contributed by atoms with Crippen LogP contribution in [0.25, 0.3) is 0 Å². The molecule has 0 aliphatic rings. The van der Waals surface area contributed by atoms with E-state index in [1.54, 1.807) is 60.7 Å². The lowest BCUT2D eigenvalue weighted by molar-refractivity contribution is 0.0733. The zero-order valence-corrected chi connectivity index (χ0v) is 23.7. The quantitative estimate of drug-likeness (QED) is 0.0993. The number of anilines is 1. The van der Waals surface area contributed by atoms with E-state index in [1.165, 1.54) is 25.5 Å². The third-order valence-corrected chi connectivity index (χ3v) is 6.35. The number of nitrogens with one attached hydrogen (secondary N) is 2. The average Bonchev–Trinajstić information content (AvgIpc) is 2.94. The number of benzene rings is 4. The Balaban J connectivity index is 1.44. The Kier molecular flexibility index (Phi) is 9.31. The molecule has 0 bridgehead atoms. The molecule has 0 saturated heterocycles. The second-order valence-electron chi connectivity index (χ2n) is 8.52. The molecule has 0 aliphatic heterocycles. The van der Waals surface area contributed by atoms with E-state index < -0.39 is 17.8 Å². The summed E-state index contributed by atoms with van der Waals surface area (Å²) in [6, 6.07) is 23.1. The number of carbonyl (C=O) groups is 3. The van der Waals surface area contributed by atoms with Crippen LogP contribution in [0.2, 0.25) is 5.02 Å². The molecule has 0 aromatic heterocycles. The fraction of sp³-hybridized carbons (Fsp3) is 0.0667. The molecule has 4 aromatic rings. The van der Waals surface area contributed by atoms with Gasteiger partial charge in [-0.2, -0.15) is 5.10 Å². The summed E-state index contributed by atoms with van der Waals surface area (Å²) < 4.78 is 11.5. The number of aryl methyl sites for hydroxylation is 1. The van der Waals surface area contributed by atoms with Crippen LogP contribution < -0.4 is 20.2 Å². The minimum absolute atomic E-state index is 0.252. The van der Waals surface area contributed by atoms with Crippen molar-refractivity contribution in [2.45, 2.75) is 6.92 Å². The van der Waals surface area contributed by atoms with Crippen molar-refractivity contribution in [1.29, 1.82) is 0 Å². The predicted molar refractivity (Wildman–Crippen MR) is 158 cm³/mol. The molecule has 0 atom stereocenters. The van der Waals surface area contributed by atoms with Crippen molar-refractivity contribution in [3.05, 3.63) is 122 Å². The number of halogens is 2. The summed E-state index contributed by atoms with van der Waals surface area (Å²) in [5.74, 6) is -0.844. The van der Waals surface area contributed by atoms with Crippen LogP contribution in [0.1, 0.15) is 42.2 Å². The number of rotatable bonds is 8. The maximum atomic E-state index is 12.8. The van der Waals surface area contributed by atoms with Gasteiger partial charge in [0.1, 0.15) is 11.5 Å².